The van der Waals surface area contributed by atoms with Crippen LogP contribution in [0, 0.1) is 11.8 Å². The molecule has 4 atom stereocenters. The zero-order valence-electron chi connectivity index (χ0n) is 21.7. The van der Waals surface area contributed by atoms with Crippen molar-refractivity contribution in [1.29, 1.82) is 0 Å². The van der Waals surface area contributed by atoms with E-state index in [4.69, 9.17) is 5.73 Å². The second-order valence-electron chi connectivity index (χ2n) is 10.8. The minimum absolute atomic E-state index is 0.175. The third kappa shape index (κ3) is 4.19. The lowest BCUT2D eigenvalue weighted by atomic mass is 9.58. The minimum Gasteiger partial charge on any atom is -0.510 e. The number of halogens is 3. The Hall–Kier alpha value is -3.42. The molecule has 1 amide bonds. The molecule has 0 aliphatic heterocycles. The SMILES string of the molecule is CC(C)NCc1cc(O)c2c(c1C(F)(F)F)C[C@H]1C[C@H]3[C@H](N(C)C)C(O)=C(C(N)=O)C(=O)[C@@]3(O)C(O)=C1C2=O. The Morgan fingerprint density at radius 3 is 2.36 bits per heavy atom. The van der Waals surface area contributed by atoms with E-state index in [1.165, 1.54) is 19.0 Å². The molecule has 0 spiro atoms. The van der Waals surface area contributed by atoms with E-state index in [9.17, 15) is 48.0 Å². The lowest BCUT2D eigenvalue weighted by molar-refractivity contribution is -0.148. The number of carbonyl (C=O) groups is 3. The van der Waals surface area contributed by atoms with Crippen LogP contribution in [0.1, 0.15) is 47.3 Å². The molecule has 4 rings (SSSR count). The van der Waals surface area contributed by atoms with Crippen LogP contribution in [0.5, 0.6) is 5.75 Å². The van der Waals surface area contributed by atoms with E-state index >= 15 is 0 Å². The van der Waals surface area contributed by atoms with E-state index in [1.54, 1.807) is 13.8 Å². The number of nitrogens with one attached hydrogen (secondary N) is 1. The fraction of sp³-hybridized carbons (Fsp3) is 0.500. The highest BCUT2D eigenvalue weighted by Crippen LogP contribution is 2.53. The number of alkyl halides is 3. The van der Waals surface area contributed by atoms with Crippen LogP contribution in [0.15, 0.2) is 28.7 Å². The van der Waals surface area contributed by atoms with Crippen molar-refractivity contribution >= 4 is 17.5 Å². The van der Waals surface area contributed by atoms with Gasteiger partial charge < -0.3 is 31.5 Å². The molecule has 1 aromatic carbocycles. The van der Waals surface area contributed by atoms with Crippen molar-refractivity contribution in [2.24, 2.45) is 17.6 Å². The molecule has 0 unspecified atom stereocenters. The number of hydrogen-bond donors (Lipinski definition) is 6. The van der Waals surface area contributed by atoms with E-state index in [0.29, 0.717) is 0 Å². The maximum absolute atomic E-state index is 14.4. The minimum atomic E-state index is -4.89. The quantitative estimate of drug-likeness (QED) is 0.296. The van der Waals surface area contributed by atoms with Gasteiger partial charge >= 0.3 is 6.18 Å². The molecule has 0 saturated heterocycles. The molecular weight excluding hydrogens is 523 g/mol. The number of aliphatic hydroxyl groups excluding tert-OH is 2. The average molecular weight is 554 g/mol. The predicted octanol–water partition coefficient (Wildman–Crippen LogP) is 1.64. The number of carbonyl (C=O) groups excluding carboxylic acids is 3. The number of hydrogen-bond acceptors (Lipinski definition) is 9. The first-order valence-corrected chi connectivity index (χ1v) is 12.3. The summed E-state index contributed by atoms with van der Waals surface area (Å²) in [5.74, 6) is -9.05. The number of rotatable bonds is 5. The van der Waals surface area contributed by atoms with Crippen LogP contribution in [0.25, 0.3) is 0 Å². The first-order valence-electron chi connectivity index (χ1n) is 12.3. The van der Waals surface area contributed by atoms with Gasteiger partial charge in [-0.1, -0.05) is 13.8 Å². The number of nitrogens with zero attached hydrogens (tertiary/aromatic N) is 1. The molecule has 0 heterocycles. The molecule has 39 heavy (non-hydrogen) atoms. The summed E-state index contributed by atoms with van der Waals surface area (Å²) < 4.78 is 43.1. The number of primary amides is 1. The smallest absolute Gasteiger partial charge is 0.417 e. The Kier molecular flexibility index (Phi) is 6.85. The van der Waals surface area contributed by atoms with Gasteiger partial charge in [-0.15, -0.1) is 0 Å². The van der Waals surface area contributed by atoms with Gasteiger partial charge in [-0.25, -0.2) is 0 Å². The number of aromatic hydroxyl groups is 1. The van der Waals surface area contributed by atoms with E-state index in [0.717, 1.165) is 6.07 Å². The number of fused-ring (bicyclic) bond motifs is 3. The maximum Gasteiger partial charge on any atom is 0.417 e. The van der Waals surface area contributed by atoms with Crippen molar-refractivity contribution in [2.45, 2.75) is 57.1 Å². The number of amides is 1. The van der Waals surface area contributed by atoms with Gasteiger partial charge in [-0.2, -0.15) is 13.2 Å². The number of nitrogens with two attached hydrogens (primary N) is 1. The van der Waals surface area contributed by atoms with E-state index in [2.05, 4.69) is 5.32 Å². The standard InChI is InChI=1S/C26H30F3N3O7/c1-9(2)31-8-11-7-14(33)16-12(18(11)26(27,28)29)5-10-6-13-19(32(3)4)21(35)17(24(30)38)23(37)25(13,39)22(36)15(10)20(16)34/h7,9-10,13,19,31,33,35-36,39H,5-6,8H2,1-4H3,(H2,30,38)/t10-,13-,19-,25-/m0/s1. The van der Waals surface area contributed by atoms with Crippen LogP contribution in [-0.2, 0) is 28.7 Å². The van der Waals surface area contributed by atoms with Crippen LogP contribution < -0.4 is 11.1 Å². The largest absolute Gasteiger partial charge is 0.510 e. The van der Waals surface area contributed by atoms with Crippen molar-refractivity contribution in [2.75, 3.05) is 14.1 Å². The molecular formula is C26H30F3N3O7. The number of allylic oxidation sites excluding steroid dienone is 1. The van der Waals surface area contributed by atoms with Gasteiger partial charge in [0.1, 0.15) is 22.8 Å². The second kappa shape index (κ2) is 9.35. The lowest BCUT2D eigenvalue weighted by Gasteiger charge is -2.50. The first-order chi connectivity index (χ1) is 17.9. The van der Waals surface area contributed by atoms with Crippen LogP contribution in [0.2, 0.25) is 0 Å². The van der Waals surface area contributed by atoms with Gasteiger partial charge in [-0.05, 0) is 50.0 Å². The summed E-state index contributed by atoms with van der Waals surface area (Å²) in [6.45, 7) is 3.23. The molecule has 13 heteroatoms. The highest BCUT2D eigenvalue weighted by atomic mass is 19.4. The van der Waals surface area contributed by atoms with Gasteiger partial charge in [0, 0.05) is 24.1 Å². The fourth-order valence-corrected chi connectivity index (χ4v) is 6.20. The van der Waals surface area contributed by atoms with Crippen molar-refractivity contribution < 1.29 is 48.0 Å². The molecule has 1 aromatic rings. The maximum atomic E-state index is 14.4. The number of likely N-dealkylation sites (N-methyl/N-ethyl adjacent to an activating group) is 1. The zero-order chi connectivity index (χ0) is 29.4. The number of ketones is 2. The number of phenols is 1. The average Bonchev–Trinajstić information content (AvgIpc) is 2.78. The molecule has 0 radical (unpaired) electrons. The summed E-state index contributed by atoms with van der Waals surface area (Å²) in [5, 5.41) is 47.1. The summed E-state index contributed by atoms with van der Waals surface area (Å²) in [4.78, 5) is 40.3. The van der Waals surface area contributed by atoms with E-state index in [-0.39, 0.29) is 24.6 Å². The molecule has 3 aliphatic rings. The van der Waals surface area contributed by atoms with Gasteiger partial charge in [-0.3, -0.25) is 19.3 Å². The highest BCUT2D eigenvalue weighted by molar-refractivity contribution is 6.24. The summed E-state index contributed by atoms with van der Waals surface area (Å²) in [7, 11) is 2.92. The summed E-state index contributed by atoms with van der Waals surface area (Å²) >= 11 is 0. The van der Waals surface area contributed by atoms with E-state index < -0.39 is 98.7 Å². The summed E-state index contributed by atoms with van der Waals surface area (Å²) in [6, 6.07) is -0.578. The summed E-state index contributed by atoms with van der Waals surface area (Å²) in [5.41, 5.74) is -1.57. The topological polar surface area (TPSA) is 173 Å². The zero-order valence-corrected chi connectivity index (χ0v) is 21.7. The first kappa shape index (κ1) is 28.6. The van der Waals surface area contributed by atoms with Gasteiger partial charge in [0.05, 0.1) is 17.2 Å². The van der Waals surface area contributed by atoms with Crippen molar-refractivity contribution in [3.05, 3.63) is 51.0 Å². The third-order valence-electron chi connectivity index (χ3n) is 7.79. The predicted molar refractivity (Wildman–Crippen MR) is 131 cm³/mol. The monoisotopic (exact) mass is 553 g/mol. The second-order valence-corrected chi connectivity index (χ2v) is 10.8. The van der Waals surface area contributed by atoms with Crippen molar-refractivity contribution in [1.82, 2.24) is 10.2 Å². The number of Topliss-reactive ketones (excluding diaryl/α,β-unsaturated/α-hetero) is 2. The lowest BCUT2D eigenvalue weighted by Crippen LogP contribution is -2.63. The fourth-order valence-electron chi connectivity index (χ4n) is 6.20. The Morgan fingerprint density at radius 2 is 1.85 bits per heavy atom. The molecule has 7 N–H and O–H groups in total. The van der Waals surface area contributed by atoms with Crippen LogP contribution in [0.3, 0.4) is 0 Å². The van der Waals surface area contributed by atoms with Crippen molar-refractivity contribution in [3.63, 3.8) is 0 Å². The molecule has 0 aromatic heterocycles. The Balaban J connectivity index is 1.97. The molecule has 10 nitrogen and oxygen atoms in total. The molecule has 3 aliphatic carbocycles. The van der Waals surface area contributed by atoms with Crippen LogP contribution in [-0.4, -0.2) is 74.6 Å². The highest BCUT2D eigenvalue weighted by Gasteiger charge is 2.63. The molecule has 212 valence electrons. The van der Waals surface area contributed by atoms with Gasteiger partial charge in [0.15, 0.2) is 11.4 Å². The van der Waals surface area contributed by atoms with Crippen LogP contribution in [0.4, 0.5) is 13.2 Å². The van der Waals surface area contributed by atoms with Crippen LogP contribution >= 0.6 is 0 Å². The van der Waals surface area contributed by atoms with Gasteiger partial charge in [0.25, 0.3) is 5.91 Å². The Bertz CT molecular complexity index is 1350. The van der Waals surface area contributed by atoms with Gasteiger partial charge in [0.2, 0.25) is 5.78 Å². The third-order valence-corrected chi connectivity index (χ3v) is 7.79. The Morgan fingerprint density at radius 1 is 1.23 bits per heavy atom. The number of phenolic OH excluding ortho intramolecular Hbond substituents is 1. The Labute approximate surface area is 221 Å². The number of aliphatic hydroxyl groups is 3. The molecule has 0 bridgehead atoms. The van der Waals surface area contributed by atoms with Crippen molar-refractivity contribution in [3.8, 4) is 5.75 Å². The molecule has 0 saturated carbocycles. The normalized spacial score (nSPS) is 27.2. The summed E-state index contributed by atoms with van der Waals surface area (Å²) in [6.07, 6.45) is -5.65. The number of benzene rings is 1. The molecule has 0 fully saturated rings. The van der Waals surface area contributed by atoms with E-state index in [1.807, 2.05) is 0 Å².